The van der Waals surface area contributed by atoms with E-state index in [0.29, 0.717) is 23.2 Å². The monoisotopic (exact) mass is 304 g/mol. The number of hydrogen-bond donors (Lipinski definition) is 2. The van der Waals surface area contributed by atoms with Gasteiger partial charge in [-0.2, -0.15) is 4.98 Å². The average Bonchev–Trinajstić information content (AvgIpc) is 2.97. The zero-order chi connectivity index (χ0) is 16.2. The maximum Gasteiger partial charge on any atom is 0.242 e. The van der Waals surface area contributed by atoms with Gasteiger partial charge in [0.1, 0.15) is 11.5 Å². The summed E-state index contributed by atoms with van der Waals surface area (Å²) in [5, 5.41) is 3.27. The molecule has 0 amide bonds. The van der Waals surface area contributed by atoms with Gasteiger partial charge in [-0.3, -0.25) is 0 Å². The lowest BCUT2D eigenvalue weighted by Crippen LogP contribution is -2.19. The summed E-state index contributed by atoms with van der Waals surface area (Å²) in [4.78, 5) is 12.9. The molecule has 0 bridgehead atoms. The Hall–Kier alpha value is -2.31. The summed E-state index contributed by atoms with van der Waals surface area (Å²) < 4.78 is 7.29. The van der Waals surface area contributed by atoms with Gasteiger partial charge >= 0.3 is 0 Å². The summed E-state index contributed by atoms with van der Waals surface area (Å²) in [5.41, 5.74) is 6.33. The van der Waals surface area contributed by atoms with Crippen LogP contribution in [0.25, 0.3) is 0 Å². The Labute approximate surface area is 130 Å². The number of methoxy groups -OCH3 is 1. The van der Waals surface area contributed by atoms with Crippen LogP contribution in [0.4, 0.5) is 11.5 Å². The Balaban J connectivity index is 2.05. The number of aryl methyl sites for hydroxylation is 1. The second kappa shape index (κ2) is 6.64. The molecule has 7 nitrogen and oxygen atoms in total. The van der Waals surface area contributed by atoms with Gasteiger partial charge in [0.25, 0.3) is 0 Å². The van der Waals surface area contributed by atoms with Crippen molar-refractivity contribution in [1.82, 2.24) is 19.5 Å². The molecule has 0 saturated heterocycles. The van der Waals surface area contributed by atoms with Gasteiger partial charge in [0, 0.05) is 30.9 Å². The third-order valence-electron chi connectivity index (χ3n) is 3.22. The smallest absolute Gasteiger partial charge is 0.242 e. The van der Waals surface area contributed by atoms with E-state index in [0.717, 1.165) is 19.5 Å². The van der Waals surface area contributed by atoms with Crippen molar-refractivity contribution in [2.75, 3.05) is 24.7 Å². The van der Waals surface area contributed by atoms with E-state index in [9.17, 15) is 0 Å². The topological polar surface area (TPSA) is 90.9 Å². The number of ether oxygens (including phenoxy) is 1. The second-order valence-electron chi connectivity index (χ2n) is 6.15. The van der Waals surface area contributed by atoms with Crippen molar-refractivity contribution in [3.05, 3.63) is 24.5 Å². The van der Waals surface area contributed by atoms with Crippen molar-refractivity contribution < 1.29 is 4.74 Å². The van der Waals surface area contributed by atoms with E-state index in [4.69, 9.17) is 10.5 Å². The lowest BCUT2D eigenvalue weighted by Gasteiger charge is -2.20. The molecule has 2 heterocycles. The van der Waals surface area contributed by atoms with Crippen molar-refractivity contribution in [1.29, 1.82) is 0 Å². The van der Waals surface area contributed by atoms with Crippen LogP contribution >= 0.6 is 0 Å². The van der Waals surface area contributed by atoms with Crippen LogP contribution in [0.3, 0.4) is 0 Å². The number of nitrogen functional groups attached to an aromatic ring is 1. The third kappa shape index (κ3) is 3.87. The van der Waals surface area contributed by atoms with Gasteiger partial charge in [-0.25, -0.2) is 9.97 Å². The van der Waals surface area contributed by atoms with Gasteiger partial charge in [0.2, 0.25) is 5.88 Å². The molecule has 0 atom stereocenters. The van der Waals surface area contributed by atoms with Crippen LogP contribution in [0.15, 0.2) is 18.7 Å². The van der Waals surface area contributed by atoms with E-state index in [1.807, 2.05) is 10.8 Å². The Morgan fingerprint density at radius 3 is 2.68 bits per heavy atom. The highest BCUT2D eigenvalue weighted by Crippen LogP contribution is 2.29. The Morgan fingerprint density at radius 2 is 2.09 bits per heavy atom. The highest BCUT2D eigenvalue weighted by Gasteiger charge is 2.21. The fourth-order valence-corrected chi connectivity index (χ4v) is 1.96. The zero-order valence-corrected chi connectivity index (χ0v) is 13.6. The molecule has 0 spiro atoms. The van der Waals surface area contributed by atoms with Gasteiger partial charge in [-0.1, -0.05) is 20.8 Å². The van der Waals surface area contributed by atoms with Crippen LogP contribution in [-0.4, -0.2) is 33.2 Å². The van der Waals surface area contributed by atoms with Crippen molar-refractivity contribution in [2.45, 2.75) is 39.2 Å². The van der Waals surface area contributed by atoms with Gasteiger partial charge in [0.15, 0.2) is 5.82 Å². The minimum absolute atomic E-state index is 0.172. The molecule has 7 heteroatoms. The maximum absolute atomic E-state index is 6.06. The standard InChI is InChI=1S/C15H24N6O/c1-15(2,3)14-19-12(11(16)13(20-14)22-4)18-6-5-8-21-9-7-17-10-21/h7,9-10H,5-6,8,16H2,1-4H3,(H,18,19,20). The van der Waals surface area contributed by atoms with Crippen molar-refractivity contribution in [3.63, 3.8) is 0 Å². The minimum Gasteiger partial charge on any atom is -0.479 e. The first kappa shape index (κ1) is 16.1. The van der Waals surface area contributed by atoms with Crippen molar-refractivity contribution >= 4 is 11.5 Å². The molecule has 0 radical (unpaired) electrons. The van der Waals surface area contributed by atoms with Crippen LogP contribution in [0.5, 0.6) is 5.88 Å². The SMILES string of the molecule is COc1nc(C(C)(C)C)nc(NCCCn2ccnc2)c1N. The molecular weight excluding hydrogens is 280 g/mol. The maximum atomic E-state index is 6.06. The largest absolute Gasteiger partial charge is 0.479 e. The average molecular weight is 304 g/mol. The molecule has 0 aliphatic carbocycles. The normalized spacial score (nSPS) is 11.5. The summed E-state index contributed by atoms with van der Waals surface area (Å²) in [5.74, 6) is 1.75. The number of nitrogens with two attached hydrogens (primary N) is 1. The first-order valence-electron chi connectivity index (χ1n) is 7.33. The number of hydrogen-bond acceptors (Lipinski definition) is 6. The van der Waals surface area contributed by atoms with Crippen LogP contribution in [0.2, 0.25) is 0 Å². The molecule has 2 rings (SSSR count). The predicted octanol–water partition coefficient (Wildman–Crippen LogP) is 2.06. The number of aromatic nitrogens is 4. The Bertz CT molecular complexity index is 603. The molecule has 2 aromatic heterocycles. The first-order valence-corrected chi connectivity index (χ1v) is 7.33. The molecular formula is C15H24N6O. The molecule has 0 saturated carbocycles. The molecule has 22 heavy (non-hydrogen) atoms. The lowest BCUT2D eigenvalue weighted by molar-refractivity contribution is 0.391. The van der Waals surface area contributed by atoms with E-state index in [2.05, 4.69) is 41.0 Å². The summed E-state index contributed by atoms with van der Waals surface area (Å²) in [6.45, 7) is 7.82. The molecule has 3 N–H and O–H groups in total. The molecule has 120 valence electrons. The van der Waals surface area contributed by atoms with Gasteiger partial charge in [-0.05, 0) is 6.42 Å². The Kier molecular flexibility index (Phi) is 4.85. The quantitative estimate of drug-likeness (QED) is 0.794. The zero-order valence-electron chi connectivity index (χ0n) is 13.6. The number of rotatable bonds is 6. The molecule has 0 aliphatic heterocycles. The van der Waals surface area contributed by atoms with Gasteiger partial charge < -0.3 is 20.4 Å². The Morgan fingerprint density at radius 1 is 1.32 bits per heavy atom. The van der Waals surface area contributed by atoms with Gasteiger partial charge in [-0.15, -0.1) is 0 Å². The number of imidazole rings is 1. The predicted molar refractivity (Wildman–Crippen MR) is 87.0 cm³/mol. The van der Waals surface area contributed by atoms with Crippen LogP contribution in [0.1, 0.15) is 33.0 Å². The molecule has 0 aliphatic rings. The molecule has 0 unspecified atom stereocenters. The van der Waals surface area contributed by atoms with Crippen LogP contribution in [-0.2, 0) is 12.0 Å². The van der Waals surface area contributed by atoms with E-state index in [1.165, 1.54) is 0 Å². The van der Waals surface area contributed by atoms with E-state index >= 15 is 0 Å². The minimum atomic E-state index is -0.172. The van der Waals surface area contributed by atoms with E-state index in [-0.39, 0.29) is 5.41 Å². The fraction of sp³-hybridized carbons (Fsp3) is 0.533. The van der Waals surface area contributed by atoms with Crippen LogP contribution < -0.4 is 15.8 Å². The molecule has 2 aromatic rings. The van der Waals surface area contributed by atoms with Crippen molar-refractivity contribution in [2.24, 2.45) is 0 Å². The summed E-state index contributed by atoms with van der Waals surface area (Å²) in [6, 6.07) is 0. The summed E-state index contributed by atoms with van der Waals surface area (Å²) >= 11 is 0. The second-order valence-corrected chi connectivity index (χ2v) is 6.15. The number of nitrogens with zero attached hydrogens (tertiary/aromatic N) is 4. The highest BCUT2D eigenvalue weighted by atomic mass is 16.5. The van der Waals surface area contributed by atoms with E-state index in [1.54, 1.807) is 19.6 Å². The first-order chi connectivity index (χ1) is 10.4. The van der Waals surface area contributed by atoms with Crippen LogP contribution in [0, 0.1) is 0 Å². The van der Waals surface area contributed by atoms with E-state index < -0.39 is 0 Å². The number of anilines is 2. The third-order valence-corrected chi connectivity index (χ3v) is 3.22. The summed E-state index contributed by atoms with van der Waals surface area (Å²) in [6.07, 6.45) is 6.46. The highest BCUT2D eigenvalue weighted by molar-refractivity contribution is 5.67. The van der Waals surface area contributed by atoms with Gasteiger partial charge in [0.05, 0.1) is 13.4 Å². The fourth-order valence-electron chi connectivity index (χ4n) is 1.96. The lowest BCUT2D eigenvalue weighted by atomic mass is 9.96. The molecule has 0 fully saturated rings. The number of nitrogens with one attached hydrogen (secondary N) is 1. The molecule has 0 aromatic carbocycles. The summed E-state index contributed by atoms with van der Waals surface area (Å²) in [7, 11) is 1.56. The van der Waals surface area contributed by atoms with Crippen molar-refractivity contribution in [3.8, 4) is 5.88 Å².